The number of hydrogen-bond acceptors (Lipinski definition) is 6. The summed E-state index contributed by atoms with van der Waals surface area (Å²) in [5, 5.41) is 6.34. The van der Waals surface area contributed by atoms with Crippen molar-refractivity contribution in [3.63, 3.8) is 0 Å². The average Bonchev–Trinajstić information content (AvgIpc) is 2.95. The summed E-state index contributed by atoms with van der Waals surface area (Å²) in [5.41, 5.74) is 4.25. The van der Waals surface area contributed by atoms with Gasteiger partial charge >= 0.3 is 0 Å². The van der Waals surface area contributed by atoms with Gasteiger partial charge in [0.15, 0.2) is 5.13 Å². The van der Waals surface area contributed by atoms with E-state index in [2.05, 4.69) is 20.7 Å². The third-order valence-corrected chi connectivity index (χ3v) is 4.06. The molecule has 0 bridgehead atoms. The van der Waals surface area contributed by atoms with E-state index in [4.69, 9.17) is 0 Å². The summed E-state index contributed by atoms with van der Waals surface area (Å²) in [6, 6.07) is 8.41. The van der Waals surface area contributed by atoms with Crippen LogP contribution in [0.2, 0.25) is 0 Å². The molecular formula is C15H15N5O2S. The van der Waals surface area contributed by atoms with Crippen molar-refractivity contribution >= 4 is 39.8 Å². The third kappa shape index (κ3) is 3.21. The maximum atomic E-state index is 12.3. The number of benzene rings is 1. The number of thiazole rings is 1. The molecule has 1 aromatic carbocycles. The molecule has 0 radical (unpaired) electrons. The van der Waals surface area contributed by atoms with Crippen molar-refractivity contribution in [3.05, 3.63) is 41.4 Å². The Morgan fingerprint density at radius 3 is 2.74 bits per heavy atom. The quantitative estimate of drug-likeness (QED) is 0.898. The number of nitrogens with one attached hydrogen (secondary N) is 2. The zero-order valence-electron chi connectivity index (χ0n) is 12.6. The fourth-order valence-electron chi connectivity index (χ4n) is 2.07. The number of para-hydroxylation sites is 1. The van der Waals surface area contributed by atoms with Gasteiger partial charge < -0.3 is 0 Å². The van der Waals surface area contributed by atoms with Gasteiger partial charge in [-0.3, -0.25) is 20.3 Å². The predicted octanol–water partition coefficient (Wildman–Crippen LogP) is 1.73. The second-order valence-electron chi connectivity index (χ2n) is 5.02. The van der Waals surface area contributed by atoms with Crippen molar-refractivity contribution in [3.8, 4) is 0 Å². The molecule has 0 saturated carbocycles. The number of anilines is 2. The van der Waals surface area contributed by atoms with Crippen LogP contribution in [0.3, 0.4) is 0 Å². The third-order valence-electron chi connectivity index (χ3n) is 3.19. The van der Waals surface area contributed by atoms with Crippen LogP contribution >= 0.6 is 11.3 Å². The van der Waals surface area contributed by atoms with Crippen LogP contribution in [0, 0.1) is 6.92 Å². The summed E-state index contributed by atoms with van der Waals surface area (Å²) in [7, 11) is 0. The fraction of sp³-hybridized carbons (Fsp3) is 0.200. The first kappa shape index (κ1) is 15.2. The standard InChI is InChI=1S/C15H15N5O2S/c1-9-8-23-15(16-9)18-13(21)12-17-10(2)14(22)20(19-12)11-6-4-3-5-7-11/h3-8,10H,1-2H3,(H,17,19)(H,16,18,21). The molecule has 2 heterocycles. The van der Waals surface area contributed by atoms with Crippen LogP contribution in [0.1, 0.15) is 12.6 Å². The number of nitrogens with zero attached hydrogens (tertiary/aromatic N) is 3. The van der Waals surface area contributed by atoms with E-state index in [1.54, 1.807) is 19.1 Å². The topological polar surface area (TPSA) is 86.7 Å². The highest BCUT2D eigenvalue weighted by Gasteiger charge is 2.30. The fourth-order valence-corrected chi connectivity index (χ4v) is 2.75. The minimum Gasteiger partial charge on any atom is -0.295 e. The first-order valence-electron chi connectivity index (χ1n) is 7.01. The summed E-state index contributed by atoms with van der Waals surface area (Å²) < 4.78 is 0. The summed E-state index contributed by atoms with van der Waals surface area (Å²) >= 11 is 1.33. The van der Waals surface area contributed by atoms with Crippen LogP contribution in [-0.2, 0) is 9.59 Å². The number of amidine groups is 1. The van der Waals surface area contributed by atoms with Crippen LogP contribution in [0.25, 0.3) is 0 Å². The highest BCUT2D eigenvalue weighted by atomic mass is 32.1. The van der Waals surface area contributed by atoms with Crippen molar-refractivity contribution < 1.29 is 9.59 Å². The van der Waals surface area contributed by atoms with Crippen LogP contribution in [0.15, 0.2) is 40.7 Å². The van der Waals surface area contributed by atoms with E-state index in [9.17, 15) is 9.59 Å². The second kappa shape index (κ2) is 6.17. The molecule has 118 valence electrons. The van der Waals surface area contributed by atoms with Gasteiger partial charge in [0.25, 0.3) is 11.8 Å². The van der Waals surface area contributed by atoms with Crippen molar-refractivity contribution in [2.75, 3.05) is 10.3 Å². The number of aliphatic imine (C=N–C) groups is 1. The minimum atomic E-state index is -0.643. The maximum absolute atomic E-state index is 12.3. The molecule has 23 heavy (non-hydrogen) atoms. The van der Waals surface area contributed by atoms with Gasteiger partial charge in [-0.1, -0.05) is 18.2 Å². The van der Waals surface area contributed by atoms with E-state index in [0.717, 1.165) is 5.69 Å². The van der Waals surface area contributed by atoms with Crippen molar-refractivity contribution in [1.82, 2.24) is 10.4 Å². The van der Waals surface area contributed by atoms with Crippen LogP contribution in [0.4, 0.5) is 10.8 Å². The molecule has 0 fully saturated rings. The van der Waals surface area contributed by atoms with E-state index >= 15 is 0 Å². The Morgan fingerprint density at radius 1 is 1.35 bits per heavy atom. The molecule has 3 rings (SSSR count). The van der Waals surface area contributed by atoms with Gasteiger partial charge in [-0.15, -0.1) is 11.3 Å². The summed E-state index contributed by atoms with van der Waals surface area (Å²) in [6.07, 6.45) is 0. The SMILES string of the molecule is Cc1csc(NC(=O)C2=NC(C)C(=O)N(c3ccccc3)N2)n1. The minimum absolute atomic E-state index is 0.0776. The molecule has 1 aliphatic heterocycles. The smallest absolute Gasteiger partial charge is 0.294 e. The summed E-state index contributed by atoms with van der Waals surface area (Å²) in [5.74, 6) is -0.578. The molecule has 8 heteroatoms. The molecule has 0 saturated heterocycles. The van der Waals surface area contributed by atoms with Crippen molar-refractivity contribution in [2.45, 2.75) is 19.9 Å². The van der Waals surface area contributed by atoms with Gasteiger partial charge in [-0.25, -0.2) is 15.0 Å². The molecule has 1 unspecified atom stereocenters. The van der Waals surface area contributed by atoms with Gasteiger partial charge in [-0.05, 0) is 26.0 Å². The number of carbonyl (C=O) groups is 2. The zero-order chi connectivity index (χ0) is 16.4. The molecule has 0 aliphatic carbocycles. The van der Waals surface area contributed by atoms with Crippen LogP contribution in [0.5, 0.6) is 0 Å². The Kier molecular flexibility index (Phi) is 4.07. The van der Waals surface area contributed by atoms with Crippen molar-refractivity contribution in [2.24, 2.45) is 4.99 Å². The van der Waals surface area contributed by atoms with Crippen molar-refractivity contribution in [1.29, 1.82) is 0 Å². The molecule has 2 N–H and O–H groups in total. The van der Waals surface area contributed by atoms with Gasteiger partial charge in [0.2, 0.25) is 5.84 Å². The van der Waals surface area contributed by atoms with E-state index in [-0.39, 0.29) is 11.7 Å². The van der Waals surface area contributed by atoms with Gasteiger partial charge in [0.05, 0.1) is 11.4 Å². The number of rotatable bonds is 3. The summed E-state index contributed by atoms with van der Waals surface area (Å²) in [6.45, 7) is 3.50. The highest BCUT2D eigenvalue weighted by molar-refractivity contribution is 7.14. The Hall–Kier alpha value is -2.74. The van der Waals surface area contributed by atoms with Gasteiger partial charge in [0.1, 0.15) is 6.04 Å². The average molecular weight is 329 g/mol. The number of carbonyl (C=O) groups excluding carboxylic acids is 2. The molecule has 2 amide bonds. The number of hydrazine groups is 1. The largest absolute Gasteiger partial charge is 0.295 e. The monoisotopic (exact) mass is 329 g/mol. The maximum Gasteiger partial charge on any atom is 0.294 e. The second-order valence-corrected chi connectivity index (χ2v) is 5.88. The lowest BCUT2D eigenvalue weighted by Gasteiger charge is -2.30. The first-order chi connectivity index (χ1) is 11.0. The number of amides is 2. The molecule has 1 aliphatic rings. The predicted molar refractivity (Wildman–Crippen MR) is 89.4 cm³/mol. The van der Waals surface area contributed by atoms with Crippen LogP contribution < -0.4 is 15.8 Å². The molecule has 1 aromatic heterocycles. The Bertz CT molecular complexity index is 771. The van der Waals surface area contributed by atoms with E-state index in [1.165, 1.54) is 16.3 Å². The Balaban J connectivity index is 1.81. The molecule has 0 spiro atoms. The van der Waals surface area contributed by atoms with Gasteiger partial charge in [0, 0.05) is 5.38 Å². The normalized spacial score (nSPS) is 17.5. The lowest BCUT2D eigenvalue weighted by molar-refractivity contribution is -0.120. The van der Waals surface area contributed by atoms with E-state index in [1.807, 2.05) is 30.5 Å². The summed E-state index contributed by atoms with van der Waals surface area (Å²) in [4.78, 5) is 32.9. The van der Waals surface area contributed by atoms with E-state index < -0.39 is 11.9 Å². The Morgan fingerprint density at radius 2 is 2.09 bits per heavy atom. The molecule has 1 atom stereocenters. The number of aromatic nitrogens is 1. The molecule has 2 aromatic rings. The van der Waals surface area contributed by atoms with E-state index in [0.29, 0.717) is 10.8 Å². The van der Waals surface area contributed by atoms with Gasteiger partial charge in [-0.2, -0.15) is 0 Å². The lowest BCUT2D eigenvalue weighted by atomic mass is 10.2. The zero-order valence-corrected chi connectivity index (χ0v) is 13.4. The first-order valence-corrected chi connectivity index (χ1v) is 7.89. The number of aryl methyl sites for hydroxylation is 1. The molecular weight excluding hydrogens is 314 g/mol. The molecule has 7 nitrogen and oxygen atoms in total. The highest BCUT2D eigenvalue weighted by Crippen LogP contribution is 2.17. The van der Waals surface area contributed by atoms with Crippen LogP contribution in [-0.4, -0.2) is 28.7 Å². The lowest BCUT2D eigenvalue weighted by Crippen LogP contribution is -2.57. The Labute approximate surface area is 137 Å². The number of hydrogen-bond donors (Lipinski definition) is 2.